The summed E-state index contributed by atoms with van der Waals surface area (Å²) in [4.78, 5) is 13.3. The lowest BCUT2D eigenvalue weighted by molar-refractivity contribution is 0.375. The lowest BCUT2D eigenvalue weighted by Crippen LogP contribution is -2.14. The molecule has 5 nitrogen and oxygen atoms in total. The van der Waals surface area contributed by atoms with Gasteiger partial charge in [-0.25, -0.2) is 4.79 Å². The molecule has 3 N–H and O–H groups in total. The van der Waals surface area contributed by atoms with E-state index in [-0.39, 0.29) is 5.92 Å². The zero-order valence-corrected chi connectivity index (χ0v) is 8.45. The molecule has 5 heteroatoms. The van der Waals surface area contributed by atoms with Crippen LogP contribution in [0.4, 0.5) is 0 Å². The topological polar surface area (TPSA) is 84.9 Å². The molecule has 0 radical (unpaired) electrons. The summed E-state index contributed by atoms with van der Waals surface area (Å²) in [7, 11) is 0. The van der Waals surface area contributed by atoms with Crippen molar-refractivity contribution in [3.05, 3.63) is 16.4 Å². The third-order valence-corrected chi connectivity index (χ3v) is 2.28. The molecule has 0 aliphatic carbocycles. The van der Waals surface area contributed by atoms with Crippen LogP contribution in [0, 0.1) is 0 Å². The number of nitrogens with two attached hydrogens (primary N) is 1. The standard InChI is InChI=1S/C9H17N3O2/c1-2-3-4-5-7(6-10)8-11-9(13)14-12-8/h7H,2-6,10H2,1H3,(H,11,12,13). The predicted octanol–water partition coefficient (Wildman–Crippen LogP) is 0.985. The zero-order chi connectivity index (χ0) is 10.4. The van der Waals surface area contributed by atoms with Crippen molar-refractivity contribution in [2.24, 2.45) is 5.73 Å². The van der Waals surface area contributed by atoms with Crippen LogP contribution in [0.15, 0.2) is 9.32 Å². The van der Waals surface area contributed by atoms with E-state index in [9.17, 15) is 4.79 Å². The van der Waals surface area contributed by atoms with Gasteiger partial charge in [0.25, 0.3) is 0 Å². The lowest BCUT2D eigenvalue weighted by Gasteiger charge is -2.09. The van der Waals surface area contributed by atoms with E-state index in [1.165, 1.54) is 12.8 Å². The van der Waals surface area contributed by atoms with E-state index < -0.39 is 5.76 Å². The minimum absolute atomic E-state index is 0.119. The van der Waals surface area contributed by atoms with Gasteiger partial charge in [0.05, 0.1) is 0 Å². The van der Waals surface area contributed by atoms with Crippen LogP contribution >= 0.6 is 0 Å². The first kappa shape index (κ1) is 11.0. The SMILES string of the molecule is CCCCCC(CN)c1noc(=O)[nH]1. The van der Waals surface area contributed by atoms with Gasteiger partial charge in [-0.2, -0.15) is 0 Å². The van der Waals surface area contributed by atoms with Crippen LogP contribution in [0.25, 0.3) is 0 Å². The zero-order valence-electron chi connectivity index (χ0n) is 8.45. The molecule has 1 unspecified atom stereocenters. The van der Waals surface area contributed by atoms with Crippen molar-refractivity contribution in [1.82, 2.24) is 10.1 Å². The Bertz CT molecular complexity index is 305. The van der Waals surface area contributed by atoms with Gasteiger partial charge in [-0.05, 0) is 6.42 Å². The van der Waals surface area contributed by atoms with Crippen molar-refractivity contribution < 1.29 is 4.52 Å². The normalized spacial score (nSPS) is 13.0. The van der Waals surface area contributed by atoms with Crippen molar-refractivity contribution in [2.45, 2.75) is 38.5 Å². The van der Waals surface area contributed by atoms with Crippen LogP contribution in [0.3, 0.4) is 0 Å². The summed E-state index contributed by atoms with van der Waals surface area (Å²) < 4.78 is 4.44. The maximum Gasteiger partial charge on any atom is 0.438 e. The van der Waals surface area contributed by atoms with Gasteiger partial charge in [-0.15, -0.1) is 0 Å². The van der Waals surface area contributed by atoms with Gasteiger partial charge in [-0.1, -0.05) is 31.3 Å². The Labute approximate surface area is 82.7 Å². The molecule has 1 atom stereocenters. The summed E-state index contributed by atoms with van der Waals surface area (Å²) in [5.74, 6) is 0.190. The number of unbranched alkanes of at least 4 members (excludes halogenated alkanes) is 2. The Balaban J connectivity index is 2.49. The van der Waals surface area contributed by atoms with Crippen LogP contribution in [-0.4, -0.2) is 16.7 Å². The molecule has 0 amide bonds. The Morgan fingerprint density at radius 3 is 2.86 bits per heavy atom. The highest BCUT2D eigenvalue weighted by Gasteiger charge is 2.13. The number of hydrogen-bond donors (Lipinski definition) is 2. The number of aromatic nitrogens is 2. The summed E-state index contributed by atoms with van der Waals surface area (Å²) in [5, 5.41) is 3.64. The summed E-state index contributed by atoms with van der Waals surface area (Å²) in [6.45, 7) is 2.64. The van der Waals surface area contributed by atoms with E-state index in [0.29, 0.717) is 12.4 Å². The highest BCUT2D eigenvalue weighted by Crippen LogP contribution is 2.16. The first-order valence-corrected chi connectivity index (χ1v) is 5.03. The molecule has 0 saturated heterocycles. The smallest absolute Gasteiger partial charge is 0.330 e. The lowest BCUT2D eigenvalue weighted by atomic mass is 10.0. The van der Waals surface area contributed by atoms with Crippen molar-refractivity contribution >= 4 is 0 Å². The van der Waals surface area contributed by atoms with Gasteiger partial charge in [0, 0.05) is 12.5 Å². The number of hydrogen-bond acceptors (Lipinski definition) is 4. The van der Waals surface area contributed by atoms with Gasteiger partial charge >= 0.3 is 5.76 Å². The average Bonchev–Trinajstić information content (AvgIpc) is 2.60. The molecule has 0 fully saturated rings. The quantitative estimate of drug-likeness (QED) is 0.669. The number of nitrogens with zero attached hydrogens (tertiary/aromatic N) is 1. The first-order valence-electron chi connectivity index (χ1n) is 5.03. The van der Waals surface area contributed by atoms with Gasteiger partial charge in [0.2, 0.25) is 0 Å². The Hall–Kier alpha value is -1.10. The molecular formula is C9H17N3O2. The van der Waals surface area contributed by atoms with E-state index in [0.717, 1.165) is 12.8 Å². The highest BCUT2D eigenvalue weighted by molar-refractivity contribution is 4.92. The van der Waals surface area contributed by atoms with Crippen LogP contribution in [0.1, 0.15) is 44.3 Å². The molecule has 0 aliphatic heterocycles. The largest absolute Gasteiger partial charge is 0.438 e. The maximum atomic E-state index is 10.7. The van der Waals surface area contributed by atoms with E-state index in [4.69, 9.17) is 5.73 Å². The molecule has 1 aromatic heterocycles. The van der Waals surface area contributed by atoms with Crippen LogP contribution in [-0.2, 0) is 0 Å². The molecule has 0 spiro atoms. The minimum Gasteiger partial charge on any atom is -0.330 e. The molecule has 14 heavy (non-hydrogen) atoms. The summed E-state index contributed by atoms with van der Waals surface area (Å²) in [6.07, 6.45) is 4.41. The van der Waals surface area contributed by atoms with Gasteiger partial charge in [0.1, 0.15) is 0 Å². The number of nitrogens with one attached hydrogen (secondary N) is 1. The fraction of sp³-hybridized carbons (Fsp3) is 0.778. The summed E-state index contributed by atoms with van der Waals surface area (Å²) in [6, 6.07) is 0. The molecule has 80 valence electrons. The fourth-order valence-electron chi connectivity index (χ4n) is 1.42. The summed E-state index contributed by atoms with van der Waals surface area (Å²) in [5.41, 5.74) is 5.59. The van der Waals surface area contributed by atoms with Crippen LogP contribution < -0.4 is 11.5 Å². The van der Waals surface area contributed by atoms with Gasteiger partial charge < -0.3 is 5.73 Å². The molecular weight excluding hydrogens is 182 g/mol. The van der Waals surface area contributed by atoms with Gasteiger partial charge in [-0.3, -0.25) is 9.51 Å². The number of rotatable bonds is 6. The minimum atomic E-state index is -0.506. The summed E-state index contributed by atoms with van der Waals surface area (Å²) >= 11 is 0. The third kappa shape index (κ3) is 2.99. The Kier molecular flexibility index (Phi) is 4.39. The van der Waals surface area contributed by atoms with Gasteiger partial charge in [0.15, 0.2) is 5.82 Å². The third-order valence-electron chi connectivity index (χ3n) is 2.28. The highest BCUT2D eigenvalue weighted by atomic mass is 16.5. The molecule has 0 saturated carbocycles. The van der Waals surface area contributed by atoms with E-state index in [1.54, 1.807) is 0 Å². The molecule has 1 aromatic rings. The molecule has 0 bridgehead atoms. The van der Waals surface area contributed by atoms with Crippen molar-refractivity contribution in [3.8, 4) is 0 Å². The average molecular weight is 199 g/mol. The molecule has 0 aliphatic rings. The van der Waals surface area contributed by atoms with E-state index >= 15 is 0 Å². The number of aromatic amines is 1. The second kappa shape index (κ2) is 5.59. The molecule has 1 heterocycles. The monoisotopic (exact) mass is 199 g/mol. The molecule has 0 aromatic carbocycles. The Morgan fingerprint density at radius 2 is 2.36 bits per heavy atom. The fourth-order valence-corrected chi connectivity index (χ4v) is 1.42. The second-order valence-corrected chi connectivity index (χ2v) is 3.41. The van der Waals surface area contributed by atoms with Crippen molar-refractivity contribution in [1.29, 1.82) is 0 Å². The predicted molar refractivity (Wildman–Crippen MR) is 53.1 cm³/mol. The van der Waals surface area contributed by atoms with Crippen LogP contribution in [0.5, 0.6) is 0 Å². The Morgan fingerprint density at radius 1 is 1.57 bits per heavy atom. The van der Waals surface area contributed by atoms with Crippen molar-refractivity contribution in [3.63, 3.8) is 0 Å². The van der Waals surface area contributed by atoms with Crippen LogP contribution in [0.2, 0.25) is 0 Å². The van der Waals surface area contributed by atoms with E-state index in [1.807, 2.05) is 0 Å². The second-order valence-electron chi connectivity index (χ2n) is 3.41. The first-order chi connectivity index (χ1) is 6.77. The van der Waals surface area contributed by atoms with E-state index in [2.05, 4.69) is 21.6 Å². The maximum absolute atomic E-state index is 10.7. The number of H-pyrrole nitrogens is 1. The molecule has 1 rings (SSSR count). The van der Waals surface area contributed by atoms with Crippen molar-refractivity contribution in [2.75, 3.05) is 6.54 Å².